The molecular formula is C16H34N2O2. The second kappa shape index (κ2) is 7.74. The van der Waals surface area contributed by atoms with E-state index < -0.39 is 5.60 Å². The van der Waals surface area contributed by atoms with Gasteiger partial charge in [0.05, 0.1) is 12.2 Å². The zero-order chi connectivity index (χ0) is 15.2. The van der Waals surface area contributed by atoms with E-state index in [9.17, 15) is 5.11 Å². The minimum absolute atomic E-state index is 0.184. The van der Waals surface area contributed by atoms with Gasteiger partial charge in [-0.15, -0.1) is 0 Å². The highest BCUT2D eigenvalue weighted by molar-refractivity contribution is 4.89. The predicted octanol–water partition coefficient (Wildman–Crippen LogP) is 1.87. The molecule has 0 aromatic heterocycles. The maximum Gasteiger partial charge on any atom is 0.0718 e. The van der Waals surface area contributed by atoms with Crippen molar-refractivity contribution in [3.63, 3.8) is 0 Å². The van der Waals surface area contributed by atoms with Crippen LogP contribution in [0.15, 0.2) is 0 Å². The number of ether oxygens (including phenoxy) is 1. The summed E-state index contributed by atoms with van der Waals surface area (Å²) < 4.78 is 5.76. The molecule has 0 amide bonds. The number of aliphatic hydroxyl groups is 1. The van der Waals surface area contributed by atoms with Crippen LogP contribution < -0.4 is 5.32 Å². The number of likely N-dealkylation sites (N-methyl/N-ethyl adjacent to an activating group) is 1. The van der Waals surface area contributed by atoms with Crippen molar-refractivity contribution in [2.24, 2.45) is 5.41 Å². The second-order valence-electron chi connectivity index (χ2n) is 7.31. The summed E-state index contributed by atoms with van der Waals surface area (Å²) in [4.78, 5) is 2.36. The average molecular weight is 286 g/mol. The van der Waals surface area contributed by atoms with Crippen molar-refractivity contribution in [1.29, 1.82) is 0 Å². The van der Waals surface area contributed by atoms with Crippen LogP contribution in [0.2, 0.25) is 0 Å². The fourth-order valence-electron chi connectivity index (χ4n) is 2.95. The summed E-state index contributed by atoms with van der Waals surface area (Å²) >= 11 is 0. The van der Waals surface area contributed by atoms with Crippen LogP contribution in [0, 0.1) is 5.41 Å². The maximum absolute atomic E-state index is 10.1. The van der Waals surface area contributed by atoms with Crippen molar-refractivity contribution < 1.29 is 9.84 Å². The van der Waals surface area contributed by atoms with E-state index in [1.165, 1.54) is 6.42 Å². The summed E-state index contributed by atoms with van der Waals surface area (Å²) in [5, 5.41) is 13.6. The molecule has 0 radical (unpaired) electrons. The zero-order valence-corrected chi connectivity index (χ0v) is 14.0. The fraction of sp³-hybridized carbons (Fsp3) is 1.00. The first kappa shape index (κ1) is 17.9. The lowest BCUT2D eigenvalue weighted by atomic mass is 9.81. The fourth-order valence-corrected chi connectivity index (χ4v) is 2.95. The number of hydrogen-bond donors (Lipinski definition) is 2. The number of rotatable bonds is 8. The maximum atomic E-state index is 10.1. The van der Waals surface area contributed by atoms with Crippen LogP contribution in [-0.2, 0) is 4.74 Å². The first-order chi connectivity index (χ1) is 9.26. The third-order valence-electron chi connectivity index (χ3n) is 3.91. The van der Waals surface area contributed by atoms with Gasteiger partial charge in [-0.3, -0.25) is 0 Å². The van der Waals surface area contributed by atoms with Gasteiger partial charge in [0.15, 0.2) is 0 Å². The molecule has 0 aliphatic carbocycles. The number of nitrogens with zero attached hydrogens (tertiary/aromatic N) is 1. The molecule has 20 heavy (non-hydrogen) atoms. The number of hydrogen-bond acceptors (Lipinski definition) is 4. The Morgan fingerprint density at radius 3 is 2.55 bits per heavy atom. The molecular weight excluding hydrogens is 252 g/mol. The van der Waals surface area contributed by atoms with Crippen molar-refractivity contribution in [2.45, 2.75) is 59.1 Å². The average Bonchev–Trinajstić information content (AvgIpc) is 2.35. The molecule has 4 nitrogen and oxygen atoms in total. The minimum atomic E-state index is -0.641. The first-order valence-electron chi connectivity index (χ1n) is 8.02. The minimum Gasteiger partial charge on any atom is -0.389 e. The molecule has 2 N–H and O–H groups in total. The van der Waals surface area contributed by atoms with Crippen molar-refractivity contribution >= 4 is 0 Å². The van der Waals surface area contributed by atoms with Crippen LogP contribution in [-0.4, -0.2) is 61.0 Å². The van der Waals surface area contributed by atoms with Gasteiger partial charge in [0.2, 0.25) is 0 Å². The Bertz CT molecular complexity index is 268. The lowest BCUT2D eigenvalue weighted by Gasteiger charge is -2.42. The number of nitrogens with one attached hydrogen (secondary N) is 1. The monoisotopic (exact) mass is 286 g/mol. The Balaban J connectivity index is 2.66. The van der Waals surface area contributed by atoms with E-state index in [0.717, 1.165) is 39.3 Å². The van der Waals surface area contributed by atoms with E-state index in [2.05, 4.69) is 31.0 Å². The molecule has 0 aromatic rings. The molecule has 0 bridgehead atoms. The summed E-state index contributed by atoms with van der Waals surface area (Å²) in [5.41, 5.74) is -0.456. The normalized spacial score (nSPS) is 24.6. The molecule has 1 rings (SSSR count). The molecule has 1 unspecified atom stereocenters. The topological polar surface area (TPSA) is 44.7 Å². The van der Waals surface area contributed by atoms with E-state index in [0.29, 0.717) is 12.6 Å². The smallest absolute Gasteiger partial charge is 0.0718 e. The quantitative estimate of drug-likeness (QED) is 0.715. The molecule has 0 aromatic carbocycles. The lowest BCUT2D eigenvalue weighted by Crippen LogP contribution is -2.52. The predicted molar refractivity (Wildman–Crippen MR) is 84.0 cm³/mol. The van der Waals surface area contributed by atoms with Gasteiger partial charge in [-0.2, -0.15) is 0 Å². The molecule has 1 heterocycles. The molecule has 1 saturated heterocycles. The van der Waals surface area contributed by atoms with Gasteiger partial charge >= 0.3 is 0 Å². The van der Waals surface area contributed by atoms with Crippen LogP contribution in [0.4, 0.5) is 0 Å². The molecule has 4 heteroatoms. The SMILES string of the molecule is CCN(CC(C)(C)O)CC1(CNC(C)C)CCCOC1. The van der Waals surface area contributed by atoms with E-state index >= 15 is 0 Å². The van der Waals surface area contributed by atoms with Crippen LogP contribution in [0.25, 0.3) is 0 Å². The van der Waals surface area contributed by atoms with Crippen molar-refractivity contribution in [3.8, 4) is 0 Å². The van der Waals surface area contributed by atoms with Crippen molar-refractivity contribution in [1.82, 2.24) is 10.2 Å². The Hall–Kier alpha value is -0.160. The van der Waals surface area contributed by atoms with E-state index in [1.807, 2.05) is 13.8 Å². The second-order valence-corrected chi connectivity index (χ2v) is 7.31. The Kier molecular flexibility index (Phi) is 6.92. The summed E-state index contributed by atoms with van der Waals surface area (Å²) in [6.07, 6.45) is 2.34. The van der Waals surface area contributed by atoms with Crippen LogP contribution >= 0.6 is 0 Å². The molecule has 1 aliphatic heterocycles. The summed E-state index contributed by atoms with van der Waals surface area (Å²) in [6.45, 7) is 15.7. The molecule has 0 saturated carbocycles. The third kappa shape index (κ3) is 6.53. The highest BCUT2D eigenvalue weighted by Gasteiger charge is 2.35. The largest absolute Gasteiger partial charge is 0.389 e. The van der Waals surface area contributed by atoms with Crippen molar-refractivity contribution in [2.75, 3.05) is 39.4 Å². The third-order valence-corrected chi connectivity index (χ3v) is 3.91. The van der Waals surface area contributed by atoms with Gasteiger partial charge in [-0.1, -0.05) is 20.8 Å². The summed E-state index contributed by atoms with van der Waals surface area (Å²) in [5.74, 6) is 0. The van der Waals surface area contributed by atoms with Crippen molar-refractivity contribution in [3.05, 3.63) is 0 Å². The van der Waals surface area contributed by atoms with Gasteiger partial charge < -0.3 is 20.1 Å². The van der Waals surface area contributed by atoms with E-state index in [-0.39, 0.29) is 5.41 Å². The molecule has 120 valence electrons. The van der Waals surface area contributed by atoms with Gasteiger partial charge in [0.25, 0.3) is 0 Å². The molecule has 1 aliphatic rings. The first-order valence-corrected chi connectivity index (χ1v) is 8.02. The Labute approximate surface area is 124 Å². The van der Waals surface area contributed by atoms with Crippen LogP contribution in [0.1, 0.15) is 47.5 Å². The van der Waals surface area contributed by atoms with Gasteiger partial charge in [-0.05, 0) is 33.2 Å². The standard InChI is InChI=1S/C16H34N2O2/c1-6-18(11-15(4,5)19)12-16(10-17-14(2)3)8-7-9-20-13-16/h14,17,19H,6-13H2,1-5H3. The van der Waals surface area contributed by atoms with Gasteiger partial charge in [0, 0.05) is 37.7 Å². The zero-order valence-electron chi connectivity index (χ0n) is 14.0. The van der Waals surface area contributed by atoms with E-state index in [1.54, 1.807) is 0 Å². The highest BCUT2D eigenvalue weighted by atomic mass is 16.5. The highest BCUT2D eigenvalue weighted by Crippen LogP contribution is 2.29. The summed E-state index contributed by atoms with van der Waals surface area (Å²) in [7, 11) is 0. The lowest BCUT2D eigenvalue weighted by molar-refractivity contribution is -0.0406. The molecule has 0 spiro atoms. The Morgan fingerprint density at radius 1 is 1.40 bits per heavy atom. The molecule has 1 fully saturated rings. The molecule has 1 atom stereocenters. The van der Waals surface area contributed by atoms with E-state index in [4.69, 9.17) is 4.74 Å². The van der Waals surface area contributed by atoms with Crippen LogP contribution in [0.5, 0.6) is 0 Å². The van der Waals surface area contributed by atoms with Crippen LogP contribution in [0.3, 0.4) is 0 Å². The summed E-state index contributed by atoms with van der Waals surface area (Å²) in [6, 6.07) is 0.498. The van der Waals surface area contributed by atoms with Gasteiger partial charge in [0.1, 0.15) is 0 Å². The Morgan fingerprint density at radius 2 is 2.10 bits per heavy atom. The van der Waals surface area contributed by atoms with Gasteiger partial charge in [-0.25, -0.2) is 0 Å².